The Morgan fingerprint density at radius 3 is 2.87 bits per heavy atom. The van der Waals surface area contributed by atoms with Crippen LogP contribution in [0.1, 0.15) is 20.7 Å². The fraction of sp³-hybridized carbons (Fsp3) is 0.0625. The summed E-state index contributed by atoms with van der Waals surface area (Å²) in [6.45, 7) is -0.320. The number of aromatic amines is 1. The molecule has 7 heteroatoms. The molecule has 0 atom stereocenters. The van der Waals surface area contributed by atoms with Crippen molar-refractivity contribution in [3.8, 4) is 0 Å². The highest BCUT2D eigenvalue weighted by atomic mass is 35.5. The van der Waals surface area contributed by atoms with Crippen molar-refractivity contribution in [2.75, 3.05) is 6.54 Å². The number of fused-ring (bicyclic) bond motifs is 1. The minimum atomic E-state index is -0.673. The van der Waals surface area contributed by atoms with E-state index in [0.29, 0.717) is 5.56 Å². The number of Topliss-reactive ketones (excluding diaryl/α,β-unsaturated/α-hetero) is 1. The highest BCUT2D eigenvalue weighted by molar-refractivity contribution is 6.31. The van der Waals surface area contributed by atoms with Crippen LogP contribution in [0.2, 0.25) is 5.02 Å². The molecule has 0 fully saturated rings. The Morgan fingerprint density at radius 2 is 2.04 bits per heavy atom. The van der Waals surface area contributed by atoms with E-state index < -0.39 is 17.5 Å². The first kappa shape index (κ1) is 15.2. The molecule has 0 aliphatic rings. The summed E-state index contributed by atoms with van der Waals surface area (Å²) in [5, 5.41) is 10.2. The molecule has 2 N–H and O–H groups in total. The number of nitrogens with one attached hydrogen (secondary N) is 2. The molecule has 0 aliphatic heterocycles. The molecule has 1 amide bonds. The molecule has 2 aromatic carbocycles. The molecule has 3 rings (SSSR count). The van der Waals surface area contributed by atoms with Gasteiger partial charge in [-0.05, 0) is 36.4 Å². The van der Waals surface area contributed by atoms with E-state index in [1.807, 2.05) is 0 Å². The van der Waals surface area contributed by atoms with E-state index in [9.17, 15) is 14.0 Å². The lowest BCUT2D eigenvalue weighted by Gasteiger charge is -2.06. The number of benzene rings is 2. The van der Waals surface area contributed by atoms with Crippen LogP contribution in [0.4, 0.5) is 4.39 Å². The van der Waals surface area contributed by atoms with Crippen LogP contribution in [0.15, 0.2) is 42.6 Å². The minimum absolute atomic E-state index is 0.150. The Kier molecular flexibility index (Phi) is 4.08. The molecular formula is C16H11ClFN3O2. The average Bonchev–Trinajstić information content (AvgIpc) is 3.02. The standard InChI is InChI=1S/C16H11ClFN3O2/c17-11-2-3-13(18)12(6-11)15(22)8-19-16(23)9-1-4-14-10(5-9)7-20-21-14/h1-7H,8H2,(H,19,23)(H,20,21). The van der Waals surface area contributed by atoms with Crippen molar-refractivity contribution in [2.24, 2.45) is 0 Å². The maximum absolute atomic E-state index is 13.6. The number of halogens is 2. The lowest BCUT2D eigenvalue weighted by molar-refractivity contribution is 0.0902. The zero-order valence-electron chi connectivity index (χ0n) is 11.8. The first-order valence-electron chi connectivity index (χ1n) is 6.74. The Morgan fingerprint density at radius 1 is 1.22 bits per heavy atom. The van der Waals surface area contributed by atoms with Crippen molar-refractivity contribution < 1.29 is 14.0 Å². The minimum Gasteiger partial charge on any atom is -0.345 e. The molecule has 0 radical (unpaired) electrons. The van der Waals surface area contributed by atoms with Crippen LogP contribution in [0.25, 0.3) is 10.9 Å². The van der Waals surface area contributed by atoms with E-state index in [1.165, 1.54) is 12.1 Å². The largest absolute Gasteiger partial charge is 0.345 e. The van der Waals surface area contributed by atoms with E-state index >= 15 is 0 Å². The first-order valence-corrected chi connectivity index (χ1v) is 7.12. The van der Waals surface area contributed by atoms with Gasteiger partial charge >= 0.3 is 0 Å². The number of ketones is 1. The van der Waals surface area contributed by atoms with Crippen LogP contribution in [0.3, 0.4) is 0 Å². The Hall–Kier alpha value is -2.73. The second-order valence-electron chi connectivity index (χ2n) is 4.90. The number of rotatable bonds is 4. The summed E-state index contributed by atoms with van der Waals surface area (Å²) < 4.78 is 13.6. The second kappa shape index (κ2) is 6.18. The Balaban J connectivity index is 1.70. The van der Waals surface area contributed by atoms with Crippen LogP contribution < -0.4 is 5.32 Å². The topological polar surface area (TPSA) is 74.8 Å². The van der Waals surface area contributed by atoms with Crippen molar-refractivity contribution in [3.63, 3.8) is 0 Å². The van der Waals surface area contributed by atoms with Gasteiger partial charge in [-0.15, -0.1) is 0 Å². The number of carbonyl (C=O) groups is 2. The van der Waals surface area contributed by atoms with E-state index in [0.717, 1.165) is 17.0 Å². The molecule has 0 spiro atoms. The van der Waals surface area contributed by atoms with Gasteiger partial charge < -0.3 is 5.32 Å². The highest BCUT2D eigenvalue weighted by Gasteiger charge is 2.14. The van der Waals surface area contributed by atoms with Gasteiger partial charge in [-0.25, -0.2) is 4.39 Å². The van der Waals surface area contributed by atoms with Gasteiger partial charge in [-0.1, -0.05) is 11.6 Å². The third-order valence-electron chi connectivity index (χ3n) is 3.34. The molecule has 1 aromatic heterocycles. The normalized spacial score (nSPS) is 10.7. The molecule has 1 heterocycles. The summed E-state index contributed by atoms with van der Waals surface area (Å²) >= 11 is 5.75. The summed E-state index contributed by atoms with van der Waals surface area (Å²) in [4.78, 5) is 24.1. The van der Waals surface area contributed by atoms with Gasteiger partial charge in [0.1, 0.15) is 5.82 Å². The third kappa shape index (κ3) is 3.22. The molecule has 23 heavy (non-hydrogen) atoms. The van der Waals surface area contributed by atoms with E-state index in [4.69, 9.17) is 11.6 Å². The van der Waals surface area contributed by atoms with Gasteiger partial charge in [-0.3, -0.25) is 14.7 Å². The van der Waals surface area contributed by atoms with E-state index in [2.05, 4.69) is 15.5 Å². The SMILES string of the molecule is O=C(NCC(=O)c1cc(Cl)ccc1F)c1ccc2[nH]ncc2c1. The van der Waals surface area contributed by atoms with Crippen molar-refractivity contribution in [2.45, 2.75) is 0 Å². The fourth-order valence-corrected chi connectivity index (χ4v) is 2.33. The van der Waals surface area contributed by atoms with Crippen molar-refractivity contribution >= 4 is 34.2 Å². The highest BCUT2D eigenvalue weighted by Crippen LogP contribution is 2.16. The molecule has 116 valence electrons. The lowest BCUT2D eigenvalue weighted by Crippen LogP contribution is -2.29. The number of nitrogens with zero attached hydrogens (tertiary/aromatic N) is 1. The predicted octanol–water partition coefficient (Wildman–Crippen LogP) is 2.97. The zero-order chi connectivity index (χ0) is 16.4. The summed E-state index contributed by atoms with van der Waals surface area (Å²) in [6, 6.07) is 8.69. The maximum Gasteiger partial charge on any atom is 0.251 e. The van der Waals surface area contributed by atoms with Crippen molar-refractivity contribution in [1.29, 1.82) is 0 Å². The lowest BCUT2D eigenvalue weighted by atomic mass is 10.1. The molecule has 3 aromatic rings. The van der Waals surface area contributed by atoms with Crippen LogP contribution in [0.5, 0.6) is 0 Å². The smallest absolute Gasteiger partial charge is 0.251 e. The van der Waals surface area contributed by atoms with Crippen LogP contribution in [0, 0.1) is 5.82 Å². The Bertz CT molecular complexity index is 907. The van der Waals surface area contributed by atoms with Gasteiger partial charge in [0.05, 0.1) is 23.8 Å². The number of hydrogen-bond acceptors (Lipinski definition) is 3. The monoisotopic (exact) mass is 331 g/mol. The van der Waals surface area contributed by atoms with Gasteiger partial charge in [0.2, 0.25) is 0 Å². The zero-order valence-corrected chi connectivity index (χ0v) is 12.5. The van der Waals surface area contributed by atoms with E-state index in [-0.39, 0.29) is 17.1 Å². The fourth-order valence-electron chi connectivity index (χ4n) is 2.15. The van der Waals surface area contributed by atoms with Gasteiger partial charge in [0.15, 0.2) is 5.78 Å². The average molecular weight is 332 g/mol. The van der Waals surface area contributed by atoms with Crippen molar-refractivity contribution in [1.82, 2.24) is 15.5 Å². The Labute approximate surface area is 135 Å². The number of carbonyl (C=O) groups excluding carboxylic acids is 2. The molecular weight excluding hydrogens is 321 g/mol. The summed E-state index contributed by atoms with van der Waals surface area (Å²) in [5.74, 6) is -1.65. The van der Waals surface area contributed by atoms with Gasteiger partial charge in [0, 0.05) is 16.0 Å². The summed E-state index contributed by atoms with van der Waals surface area (Å²) in [5.41, 5.74) is 1.04. The molecule has 0 aliphatic carbocycles. The predicted molar refractivity (Wildman–Crippen MR) is 84.2 cm³/mol. The number of H-pyrrole nitrogens is 1. The summed E-state index contributed by atoms with van der Waals surface area (Å²) in [7, 11) is 0. The summed E-state index contributed by atoms with van der Waals surface area (Å²) in [6.07, 6.45) is 1.60. The van der Waals surface area contributed by atoms with E-state index in [1.54, 1.807) is 24.4 Å². The molecule has 0 saturated heterocycles. The maximum atomic E-state index is 13.6. The molecule has 0 saturated carbocycles. The van der Waals surface area contributed by atoms with Crippen LogP contribution >= 0.6 is 11.6 Å². The second-order valence-corrected chi connectivity index (χ2v) is 5.34. The number of hydrogen-bond donors (Lipinski definition) is 2. The van der Waals surface area contributed by atoms with Gasteiger partial charge in [0.25, 0.3) is 5.91 Å². The third-order valence-corrected chi connectivity index (χ3v) is 3.58. The quantitative estimate of drug-likeness (QED) is 0.722. The van der Waals surface area contributed by atoms with Gasteiger partial charge in [-0.2, -0.15) is 5.10 Å². The molecule has 0 bridgehead atoms. The first-order chi connectivity index (χ1) is 11.0. The van der Waals surface area contributed by atoms with Crippen LogP contribution in [-0.2, 0) is 0 Å². The number of amides is 1. The molecule has 0 unspecified atom stereocenters. The van der Waals surface area contributed by atoms with Crippen LogP contribution in [-0.4, -0.2) is 28.4 Å². The number of aromatic nitrogens is 2. The molecule has 5 nitrogen and oxygen atoms in total. The van der Waals surface area contributed by atoms with Crippen molar-refractivity contribution in [3.05, 3.63) is 64.6 Å².